The van der Waals surface area contributed by atoms with Gasteiger partial charge in [-0.15, -0.1) is 11.3 Å². The molecule has 0 fully saturated rings. The summed E-state index contributed by atoms with van der Waals surface area (Å²) >= 11 is 6.96. The second kappa shape index (κ2) is 10.6. The smallest absolute Gasteiger partial charge is 0.261 e. The Hall–Kier alpha value is -3.18. The lowest BCUT2D eigenvalue weighted by Crippen LogP contribution is -2.15. The lowest BCUT2D eigenvalue weighted by atomic mass is 10.1. The van der Waals surface area contributed by atoms with Crippen LogP contribution in [-0.4, -0.2) is 27.6 Å². The van der Waals surface area contributed by atoms with E-state index in [1.165, 1.54) is 24.3 Å². The van der Waals surface area contributed by atoms with Gasteiger partial charge in [-0.05, 0) is 35.9 Å². The highest BCUT2D eigenvalue weighted by molar-refractivity contribution is 7.93. The molecule has 0 spiro atoms. The third-order valence-electron chi connectivity index (χ3n) is 4.74. The summed E-state index contributed by atoms with van der Waals surface area (Å²) < 4.78 is 55.6. The maximum Gasteiger partial charge on any atom is 0.261 e. The molecule has 2 N–H and O–H groups in total. The molecule has 0 saturated carbocycles. The quantitative estimate of drug-likeness (QED) is 0.280. The van der Waals surface area contributed by atoms with Crippen LogP contribution in [0.2, 0.25) is 5.02 Å². The molecule has 180 valence electrons. The molecule has 0 amide bonds. The van der Waals surface area contributed by atoms with Crippen LogP contribution in [0.3, 0.4) is 0 Å². The maximum absolute atomic E-state index is 12.8. The molecule has 0 aliphatic heterocycles. The topological polar surface area (TPSA) is 105 Å². The lowest BCUT2D eigenvalue weighted by molar-refractivity contribution is 0.600. The fourth-order valence-electron chi connectivity index (χ4n) is 3.11. The number of para-hydroxylation sites is 1. The van der Waals surface area contributed by atoms with E-state index in [1.54, 1.807) is 41.8 Å². The summed E-state index contributed by atoms with van der Waals surface area (Å²) in [5.41, 5.74) is 2.16. The van der Waals surface area contributed by atoms with E-state index >= 15 is 0 Å². The average molecular weight is 546 g/mol. The third kappa shape index (κ3) is 6.70. The van der Waals surface area contributed by atoms with E-state index in [4.69, 9.17) is 11.6 Å². The Kier molecular flexibility index (Phi) is 7.56. The fourth-order valence-corrected chi connectivity index (χ4v) is 6.18. The molecule has 0 bridgehead atoms. The van der Waals surface area contributed by atoms with Crippen LogP contribution < -0.4 is 9.44 Å². The molecule has 7 nitrogen and oxygen atoms in total. The van der Waals surface area contributed by atoms with Crippen LogP contribution in [-0.2, 0) is 20.0 Å². The molecule has 0 atom stereocenters. The monoisotopic (exact) mass is 545 g/mol. The first-order valence-corrected chi connectivity index (χ1v) is 14.7. The van der Waals surface area contributed by atoms with Crippen molar-refractivity contribution in [2.75, 3.05) is 15.2 Å². The minimum Gasteiger partial charge on any atom is -0.279 e. The van der Waals surface area contributed by atoms with Crippen LogP contribution in [0, 0.1) is 0 Å². The Morgan fingerprint density at radius 3 is 2.29 bits per heavy atom. The SMILES string of the molecule is O=S(=O)(C/C=C/c1ccccc1)Nc1nc(-c2ccccc2NS(=O)(=O)c2ccc(Cl)cc2)cs1. The number of benzene rings is 3. The zero-order valence-electron chi connectivity index (χ0n) is 18.1. The molecule has 4 aromatic rings. The highest BCUT2D eigenvalue weighted by Crippen LogP contribution is 2.32. The van der Waals surface area contributed by atoms with Gasteiger partial charge in [0, 0.05) is 16.0 Å². The van der Waals surface area contributed by atoms with Crippen molar-refractivity contribution < 1.29 is 16.8 Å². The molecule has 3 aromatic carbocycles. The largest absolute Gasteiger partial charge is 0.279 e. The number of nitrogens with one attached hydrogen (secondary N) is 2. The number of nitrogens with zero attached hydrogens (tertiary/aromatic N) is 1. The maximum atomic E-state index is 12.8. The van der Waals surface area contributed by atoms with Crippen LogP contribution in [0.15, 0.2) is 95.2 Å². The Bertz CT molecular complexity index is 1550. The number of halogens is 1. The summed E-state index contributed by atoms with van der Waals surface area (Å²) in [5.74, 6) is -0.214. The van der Waals surface area contributed by atoms with E-state index in [0.717, 1.165) is 16.9 Å². The molecule has 11 heteroatoms. The fraction of sp³-hybridized carbons (Fsp3) is 0.0417. The first-order chi connectivity index (χ1) is 16.7. The molecule has 35 heavy (non-hydrogen) atoms. The van der Waals surface area contributed by atoms with Crippen molar-refractivity contribution in [1.82, 2.24) is 4.98 Å². The van der Waals surface area contributed by atoms with Crippen molar-refractivity contribution in [3.63, 3.8) is 0 Å². The van der Waals surface area contributed by atoms with Crippen LogP contribution >= 0.6 is 22.9 Å². The van der Waals surface area contributed by atoms with E-state index in [1.807, 2.05) is 30.3 Å². The summed E-state index contributed by atoms with van der Waals surface area (Å²) in [6.45, 7) is 0. The first-order valence-electron chi connectivity index (χ1n) is 10.3. The third-order valence-corrected chi connectivity index (χ3v) is 8.40. The average Bonchev–Trinajstić information content (AvgIpc) is 3.27. The predicted octanol–water partition coefficient (Wildman–Crippen LogP) is 5.72. The molecule has 0 aliphatic rings. The Labute approximate surface area is 213 Å². The number of rotatable bonds is 9. The minimum atomic E-state index is -3.87. The Morgan fingerprint density at radius 1 is 0.857 bits per heavy atom. The van der Waals surface area contributed by atoms with Crippen molar-refractivity contribution in [3.8, 4) is 11.3 Å². The van der Waals surface area contributed by atoms with Crippen LogP contribution in [0.25, 0.3) is 17.3 Å². The Morgan fingerprint density at radius 2 is 1.54 bits per heavy atom. The minimum absolute atomic E-state index is 0.0620. The van der Waals surface area contributed by atoms with Gasteiger partial charge in [0.15, 0.2) is 5.13 Å². The van der Waals surface area contributed by atoms with Gasteiger partial charge >= 0.3 is 0 Å². The summed E-state index contributed by atoms with van der Waals surface area (Å²) in [6.07, 6.45) is 3.29. The standard InChI is InChI=1S/C24H20ClN3O4S3/c25-19-12-14-20(15-13-19)35(31,32)27-22-11-5-4-10-21(22)23-17-33-24(26-23)28-34(29,30)16-6-9-18-7-2-1-3-8-18/h1-15,17,27H,16H2,(H,26,28)/b9-6+. The van der Waals surface area contributed by atoms with Gasteiger partial charge in [-0.2, -0.15) is 0 Å². The molecule has 1 heterocycles. The highest BCUT2D eigenvalue weighted by Gasteiger charge is 2.18. The number of sulfonamides is 2. The molecule has 0 aliphatic carbocycles. The van der Waals surface area contributed by atoms with E-state index in [0.29, 0.717) is 22.0 Å². The summed E-state index contributed by atoms with van der Waals surface area (Å²) in [4.78, 5) is 4.42. The van der Waals surface area contributed by atoms with Gasteiger partial charge in [-0.3, -0.25) is 9.44 Å². The van der Waals surface area contributed by atoms with E-state index in [-0.39, 0.29) is 15.8 Å². The zero-order valence-corrected chi connectivity index (χ0v) is 21.3. The summed E-state index contributed by atoms with van der Waals surface area (Å²) in [5, 5.41) is 2.27. The van der Waals surface area contributed by atoms with Crippen molar-refractivity contribution in [2.24, 2.45) is 0 Å². The van der Waals surface area contributed by atoms with Gasteiger partial charge in [0.25, 0.3) is 10.0 Å². The van der Waals surface area contributed by atoms with Gasteiger partial charge in [0.05, 0.1) is 22.0 Å². The van der Waals surface area contributed by atoms with Gasteiger partial charge in [-0.25, -0.2) is 21.8 Å². The lowest BCUT2D eigenvalue weighted by Gasteiger charge is -2.11. The zero-order chi connectivity index (χ0) is 24.9. The second-order valence-corrected chi connectivity index (χ2v) is 12.1. The van der Waals surface area contributed by atoms with Crippen LogP contribution in [0.4, 0.5) is 10.8 Å². The number of hydrogen-bond acceptors (Lipinski definition) is 6. The predicted molar refractivity (Wildman–Crippen MR) is 143 cm³/mol. The van der Waals surface area contributed by atoms with E-state index < -0.39 is 20.0 Å². The second-order valence-electron chi connectivity index (χ2n) is 7.34. The number of anilines is 2. The van der Waals surface area contributed by atoms with Gasteiger partial charge in [0.2, 0.25) is 10.0 Å². The van der Waals surface area contributed by atoms with Gasteiger partial charge in [0.1, 0.15) is 0 Å². The molecule has 4 rings (SSSR count). The van der Waals surface area contributed by atoms with Crippen LogP contribution in [0.1, 0.15) is 5.56 Å². The Balaban J connectivity index is 1.50. The van der Waals surface area contributed by atoms with Crippen molar-refractivity contribution >= 4 is 59.9 Å². The normalized spacial score (nSPS) is 12.0. The van der Waals surface area contributed by atoms with Crippen molar-refractivity contribution in [1.29, 1.82) is 0 Å². The van der Waals surface area contributed by atoms with Crippen molar-refractivity contribution in [2.45, 2.75) is 4.90 Å². The number of hydrogen-bond donors (Lipinski definition) is 2. The molecular formula is C24H20ClN3O4S3. The summed E-state index contributed by atoms with van der Waals surface area (Å²) in [6, 6.07) is 22.0. The first kappa shape index (κ1) is 24.9. The van der Waals surface area contributed by atoms with Gasteiger partial charge < -0.3 is 0 Å². The molecular weight excluding hydrogens is 526 g/mol. The number of thiazole rings is 1. The van der Waals surface area contributed by atoms with Crippen molar-refractivity contribution in [3.05, 3.63) is 101 Å². The van der Waals surface area contributed by atoms with Gasteiger partial charge in [-0.1, -0.05) is 72.3 Å². The highest BCUT2D eigenvalue weighted by atomic mass is 35.5. The number of aromatic nitrogens is 1. The molecule has 0 saturated heterocycles. The summed E-state index contributed by atoms with van der Waals surface area (Å²) in [7, 11) is -7.53. The molecule has 0 unspecified atom stereocenters. The van der Waals surface area contributed by atoms with E-state index in [2.05, 4.69) is 14.4 Å². The van der Waals surface area contributed by atoms with Crippen LogP contribution in [0.5, 0.6) is 0 Å². The molecule has 1 aromatic heterocycles. The van der Waals surface area contributed by atoms with E-state index in [9.17, 15) is 16.8 Å². The molecule has 0 radical (unpaired) electrons.